The van der Waals surface area contributed by atoms with E-state index in [1.165, 1.54) is 24.5 Å². The molecule has 0 spiro atoms. The summed E-state index contributed by atoms with van der Waals surface area (Å²) in [5, 5.41) is 2.25. The molecule has 0 saturated carbocycles. The summed E-state index contributed by atoms with van der Waals surface area (Å²) >= 11 is 1.46. The number of aromatic nitrogens is 1. The van der Waals surface area contributed by atoms with E-state index in [1.807, 2.05) is 6.07 Å². The first-order valence-corrected chi connectivity index (χ1v) is 11.3. The van der Waals surface area contributed by atoms with Crippen LogP contribution in [0.2, 0.25) is 0 Å². The Labute approximate surface area is 167 Å². The molecule has 26 heavy (non-hydrogen) atoms. The van der Waals surface area contributed by atoms with Gasteiger partial charge in [0.1, 0.15) is 5.75 Å². The number of pyridine rings is 1. The van der Waals surface area contributed by atoms with Crippen LogP contribution in [0.15, 0.2) is 64.6 Å². The maximum absolute atomic E-state index is 5.39. The van der Waals surface area contributed by atoms with Crippen molar-refractivity contribution in [3.63, 3.8) is 0 Å². The molecule has 1 aliphatic heterocycles. The average molecular weight is 477 g/mol. The molecule has 0 bridgehead atoms. The summed E-state index contributed by atoms with van der Waals surface area (Å²) in [6, 6.07) is 16.9. The summed E-state index contributed by atoms with van der Waals surface area (Å²) in [6.45, 7) is 3.12. The predicted octanol–water partition coefficient (Wildman–Crippen LogP) is 4.79. The van der Waals surface area contributed by atoms with Crippen molar-refractivity contribution in [2.45, 2.75) is 18.4 Å². The third-order valence-corrected chi connectivity index (χ3v) is 8.17. The Hall–Kier alpha value is -1.80. The number of hydrogen-bond donors (Lipinski definition) is 0. The smallest absolute Gasteiger partial charge is 0.150 e. The second-order valence-electron chi connectivity index (χ2n) is 5.87. The second-order valence-corrected chi connectivity index (χ2v) is 10.6. The maximum Gasteiger partial charge on any atom is 0.150 e. The fraction of sp³-hybridized carbons (Fsp3) is 0.200. The Morgan fingerprint density at radius 1 is 1.15 bits per heavy atom. The highest BCUT2D eigenvalue weighted by Gasteiger charge is 2.17. The van der Waals surface area contributed by atoms with Gasteiger partial charge in [-0.25, -0.2) is 4.99 Å². The van der Waals surface area contributed by atoms with Crippen LogP contribution in [-0.2, 0) is 6.54 Å². The van der Waals surface area contributed by atoms with Crippen molar-refractivity contribution in [3.8, 4) is 5.75 Å². The third kappa shape index (κ3) is 3.27. The number of thioether (sulfide) groups is 1. The number of fused-ring (bicyclic) bond motifs is 2. The highest BCUT2D eigenvalue weighted by atomic mass is 127. The normalized spacial score (nSPS) is 14.7. The van der Waals surface area contributed by atoms with Crippen LogP contribution in [0.5, 0.6) is 5.75 Å². The number of nitrogens with zero attached hydrogens (tertiary/aromatic N) is 3. The molecule has 4 nitrogen and oxygen atoms in total. The van der Waals surface area contributed by atoms with E-state index in [4.69, 9.17) is 9.73 Å². The molecule has 0 radical (unpaired) electrons. The zero-order valence-corrected chi connectivity index (χ0v) is 17.9. The van der Waals surface area contributed by atoms with E-state index in [-0.39, 0.29) is 21.0 Å². The van der Waals surface area contributed by atoms with Crippen molar-refractivity contribution >= 4 is 52.3 Å². The fourth-order valence-electron chi connectivity index (χ4n) is 3.00. The maximum atomic E-state index is 5.39. The number of ether oxygens (including phenoxy) is 1. The van der Waals surface area contributed by atoms with Crippen molar-refractivity contribution in [2.24, 2.45) is 4.99 Å². The number of hydrogen-bond acceptors (Lipinski definition) is 4. The largest absolute Gasteiger partial charge is 0.497 e. The lowest BCUT2D eigenvalue weighted by atomic mass is 10.2. The molecule has 2 aromatic carbocycles. The van der Waals surface area contributed by atoms with E-state index in [0.29, 0.717) is 0 Å². The van der Waals surface area contributed by atoms with E-state index in [9.17, 15) is 0 Å². The first-order chi connectivity index (χ1) is 12.7. The molecule has 4 rings (SSSR count). The molecule has 0 unspecified atom stereocenters. The summed E-state index contributed by atoms with van der Waals surface area (Å²) in [7, 11) is 3.86. The Morgan fingerprint density at radius 3 is 2.81 bits per heavy atom. The summed E-state index contributed by atoms with van der Waals surface area (Å²) in [5.74, 6) is 0.887. The van der Waals surface area contributed by atoms with Crippen molar-refractivity contribution in [1.29, 1.82) is 0 Å². The number of anilines is 1. The minimum Gasteiger partial charge on any atom is -0.497 e. The molecule has 0 amide bonds. The van der Waals surface area contributed by atoms with Gasteiger partial charge in [0.2, 0.25) is 0 Å². The van der Waals surface area contributed by atoms with Gasteiger partial charge in [-0.1, -0.05) is 30.0 Å². The summed E-state index contributed by atoms with van der Waals surface area (Å²) in [6.07, 6.45) is 2.13. The van der Waals surface area contributed by atoms with Crippen LogP contribution in [0.25, 0.3) is 10.9 Å². The Morgan fingerprint density at radius 2 is 2.00 bits per heavy atom. The van der Waals surface area contributed by atoms with Crippen molar-refractivity contribution in [3.05, 3.63) is 60.1 Å². The Kier molecular flexibility index (Phi) is 5.04. The quantitative estimate of drug-likeness (QED) is 0.402. The lowest BCUT2D eigenvalue weighted by molar-refractivity contribution is 0.414. The number of aryl methyl sites for hydroxylation is 1. The van der Waals surface area contributed by atoms with Gasteiger partial charge >= 0.3 is 0 Å². The van der Waals surface area contributed by atoms with E-state index in [2.05, 4.69) is 70.3 Å². The van der Waals surface area contributed by atoms with Gasteiger partial charge in [-0.3, -0.25) is 0 Å². The molecule has 3 aromatic rings. The van der Waals surface area contributed by atoms with Gasteiger partial charge in [0.05, 0.1) is 23.7 Å². The van der Waals surface area contributed by atoms with Crippen LogP contribution < -0.4 is 13.2 Å². The molecule has 0 saturated heterocycles. The summed E-state index contributed by atoms with van der Waals surface area (Å²) < 4.78 is 11.2. The van der Waals surface area contributed by atoms with Gasteiger partial charge in [-0.2, -0.15) is 0 Å². The number of methoxy groups -OCH3 is 1. The minimum absolute atomic E-state index is 0.313. The van der Waals surface area contributed by atoms with Crippen LogP contribution in [-0.4, -0.2) is 21.7 Å². The zero-order valence-electron chi connectivity index (χ0n) is 14.9. The summed E-state index contributed by atoms with van der Waals surface area (Å²) in [5.41, 5.74) is 2.50. The lowest BCUT2D eigenvalue weighted by Gasteiger charge is -2.23. The molecule has 0 fully saturated rings. The SMILES string of the molecule is CCn1ccc(=NC2=IN(C)c3ccc(OC)cc3S2)c2ccccc21. The van der Waals surface area contributed by atoms with Gasteiger partial charge in [0.15, 0.2) is 2.96 Å². The molecule has 0 N–H and O–H groups in total. The number of para-hydroxylation sites is 1. The van der Waals surface area contributed by atoms with Gasteiger partial charge in [0.25, 0.3) is 0 Å². The van der Waals surface area contributed by atoms with E-state index >= 15 is 0 Å². The molecule has 1 aromatic heterocycles. The first kappa shape index (κ1) is 17.6. The minimum atomic E-state index is -0.313. The van der Waals surface area contributed by atoms with Gasteiger partial charge in [0, 0.05) is 51.1 Å². The standard InChI is InChI=1S/C20H20IN3OS/c1-4-24-12-11-16(15-7-5-6-8-17(15)24)22-20-21-23(2)18-10-9-14(25-3)13-19(18)26-20/h5-13H,4H2,1-3H3. The van der Waals surface area contributed by atoms with E-state index in [0.717, 1.165) is 17.7 Å². The summed E-state index contributed by atoms with van der Waals surface area (Å²) in [4.78, 5) is 6.27. The monoisotopic (exact) mass is 477 g/mol. The average Bonchev–Trinajstić information content (AvgIpc) is 2.68. The molecule has 0 aliphatic carbocycles. The third-order valence-electron chi connectivity index (χ3n) is 4.34. The van der Waals surface area contributed by atoms with Crippen LogP contribution in [0.1, 0.15) is 6.92 Å². The van der Waals surface area contributed by atoms with Crippen molar-refractivity contribution in [2.75, 3.05) is 17.3 Å². The first-order valence-electron chi connectivity index (χ1n) is 8.44. The molecular formula is C20H20IN3OS. The lowest BCUT2D eigenvalue weighted by Crippen LogP contribution is -2.13. The van der Waals surface area contributed by atoms with Gasteiger partial charge in [-0.05, 0) is 37.3 Å². The van der Waals surface area contributed by atoms with E-state index in [1.54, 1.807) is 18.9 Å². The van der Waals surface area contributed by atoms with Gasteiger partial charge < -0.3 is 12.4 Å². The van der Waals surface area contributed by atoms with Crippen LogP contribution >= 0.6 is 32.8 Å². The molecule has 2 heterocycles. The number of rotatable bonds is 3. The molecule has 1 aliphatic rings. The zero-order chi connectivity index (χ0) is 18.1. The molecule has 0 atom stereocenters. The highest BCUT2D eigenvalue weighted by molar-refractivity contribution is 14.2. The highest BCUT2D eigenvalue weighted by Crippen LogP contribution is 2.42. The fourth-order valence-corrected chi connectivity index (χ4v) is 7.38. The van der Waals surface area contributed by atoms with Crippen LogP contribution in [0.4, 0.5) is 5.69 Å². The van der Waals surface area contributed by atoms with Crippen LogP contribution in [0.3, 0.4) is 0 Å². The molecule has 134 valence electrons. The number of halogens is 1. The molecular weight excluding hydrogens is 457 g/mol. The number of benzene rings is 2. The second kappa shape index (κ2) is 7.44. The topological polar surface area (TPSA) is 29.8 Å². The predicted molar refractivity (Wildman–Crippen MR) is 119 cm³/mol. The van der Waals surface area contributed by atoms with Gasteiger partial charge in [-0.15, -0.1) is 0 Å². The van der Waals surface area contributed by atoms with Crippen molar-refractivity contribution in [1.82, 2.24) is 4.57 Å². The Bertz CT molecular complexity index is 1070. The van der Waals surface area contributed by atoms with Crippen LogP contribution in [0, 0.1) is 0 Å². The molecule has 6 heteroatoms. The van der Waals surface area contributed by atoms with E-state index < -0.39 is 0 Å². The van der Waals surface area contributed by atoms with Crippen molar-refractivity contribution < 1.29 is 4.74 Å². The Balaban J connectivity index is 1.81.